The summed E-state index contributed by atoms with van der Waals surface area (Å²) in [6.45, 7) is 1.85. The molecule has 0 atom stereocenters. The van der Waals surface area contributed by atoms with E-state index < -0.39 is 11.9 Å². The molecule has 0 fully saturated rings. The molecule has 0 aliphatic heterocycles. The molecular formula is C13H14O5. The van der Waals surface area contributed by atoms with E-state index in [2.05, 4.69) is 4.74 Å². The Balaban J connectivity index is 3.06. The summed E-state index contributed by atoms with van der Waals surface area (Å²) >= 11 is 0. The van der Waals surface area contributed by atoms with Crippen molar-refractivity contribution in [2.24, 2.45) is 0 Å². The van der Waals surface area contributed by atoms with E-state index >= 15 is 0 Å². The zero-order chi connectivity index (χ0) is 13.5. The van der Waals surface area contributed by atoms with Crippen LogP contribution in [-0.4, -0.2) is 25.3 Å². The predicted octanol–water partition coefficient (Wildman–Crippen LogP) is 1.99. The number of esters is 2. The summed E-state index contributed by atoms with van der Waals surface area (Å²) in [5.41, 5.74) is 0.372. The number of carbonyl (C=O) groups excluding carboxylic acids is 3. The topological polar surface area (TPSA) is 69.7 Å². The summed E-state index contributed by atoms with van der Waals surface area (Å²) in [7, 11) is 1.22. The van der Waals surface area contributed by atoms with E-state index in [1.54, 1.807) is 0 Å². The van der Waals surface area contributed by atoms with Crippen LogP contribution in [0.5, 0.6) is 5.75 Å². The number of carbonyl (C=O) groups is 3. The molecule has 1 aromatic rings. The molecule has 1 aromatic carbocycles. The minimum atomic E-state index is -0.655. The van der Waals surface area contributed by atoms with Crippen molar-refractivity contribution in [3.05, 3.63) is 29.3 Å². The maximum Gasteiger partial charge on any atom is 0.341 e. The van der Waals surface area contributed by atoms with Crippen LogP contribution in [0.4, 0.5) is 0 Å². The first-order valence-corrected chi connectivity index (χ1v) is 5.50. The maximum atomic E-state index is 11.5. The average molecular weight is 250 g/mol. The van der Waals surface area contributed by atoms with Gasteiger partial charge < -0.3 is 9.47 Å². The Labute approximate surface area is 105 Å². The third-order valence-electron chi connectivity index (χ3n) is 2.22. The summed E-state index contributed by atoms with van der Waals surface area (Å²) < 4.78 is 9.62. The average Bonchev–Trinajstić information content (AvgIpc) is 2.38. The van der Waals surface area contributed by atoms with Gasteiger partial charge in [-0.3, -0.25) is 9.59 Å². The second-order valence-electron chi connectivity index (χ2n) is 3.59. The van der Waals surface area contributed by atoms with Gasteiger partial charge in [0.05, 0.1) is 7.11 Å². The normalized spacial score (nSPS) is 9.67. The zero-order valence-electron chi connectivity index (χ0n) is 10.3. The molecule has 0 radical (unpaired) electrons. The Hall–Kier alpha value is -2.17. The van der Waals surface area contributed by atoms with Gasteiger partial charge in [0.1, 0.15) is 17.6 Å². The van der Waals surface area contributed by atoms with Crippen molar-refractivity contribution in [1.29, 1.82) is 0 Å². The second-order valence-corrected chi connectivity index (χ2v) is 3.59. The number of aldehydes is 1. The first kappa shape index (κ1) is 13.9. The molecule has 5 heteroatoms. The van der Waals surface area contributed by atoms with Crippen molar-refractivity contribution in [3.8, 4) is 5.75 Å². The molecule has 0 bridgehead atoms. The molecule has 0 heterocycles. The molecule has 0 saturated heterocycles. The molecule has 5 nitrogen and oxygen atoms in total. The minimum Gasteiger partial charge on any atom is -0.465 e. The van der Waals surface area contributed by atoms with Crippen molar-refractivity contribution >= 4 is 18.2 Å². The van der Waals surface area contributed by atoms with Gasteiger partial charge in [0.15, 0.2) is 0 Å². The first-order chi connectivity index (χ1) is 8.62. The number of benzene rings is 1. The van der Waals surface area contributed by atoms with E-state index in [0.29, 0.717) is 18.3 Å². The fourth-order valence-electron chi connectivity index (χ4n) is 1.36. The van der Waals surface area contributed by atoms with Crippen molar-refractivity contribution < 1.29 is 23.9 Å². The lowest BCUT2D eigenvalue weighted by Crippen LogP contribution is -2.12. The maximum absolute atomic E-state index is 11.5. The number of methoxy groups -OCH3 is 1. The number of hydrogen-bond acceptors (Lipinski definition) is 5. The van der Waals surface area contributed by atoms with Gasteiger partial charge in [0.2, 0.25) is 0 Å². The quantitative estimate of drug-likeness (QED) is 0.454. The fraction of sp³-hybridized carbons (Fsp3) is 0.308. The zero-order valence-corrected chi connectivity index (χ0v) is 10.3. The smallest absolute Gasteiger partial charge is 0.341 e. The van der Waals surface area contributed by atoms with Crippen LogP contribution in [0.25, 0.3) is 0 Å². The van der Waals surface area contributed by atoms with Gasteiger partial charge in [-0.15, -0.1) is 0 Å². The molecule has 0 aliphatic rings. The largest absolute Gasteiger partial charge is 0.465 e. The Morgan fingerprint density at radius 3 is 2.61 bits per heavy atom. The van der Waals surface area contributed by atoms with Gasteiger partial charge in [-0.1, -0.05) is 6.92 Å². The molecule has 0 unspecified atom stereocenters. The molecule has 0 amide bonds. The highest BCUT2D eigenvalue weighted by Crippen LogP contribution is 2.21. The SMILES string of the molecule is CCCC(=O)Oc1ccc(C=O)cc1C(=O)OC. The van der Waals surface area contributed by atoms with E-state index in [4.69, 9.17) is 4.74 Å². The second kappa shape index (κ2) is 6.54. The third-order valence-corrected chi connectivity index (χ3v) is 2.22. The van der Waals surface area contributed by atoms with Crippen LogP contribution in [0.2, 0.25) is 0 Å². The van der Waals surface area contributed by atoms with Crippen LogP contribution in [0.1, 0.15) is 40.5 Å². The van der Waals surface area contributed by atoms with Gasteiger partial charge in [-0.05, 0) is 24.6 Å². The van der Waals surface area contributed by atoms with Gasteiger partial charge in [0, 0.05) is 12.0 Å². The number of rotatable bonds is 5. The Bertz CT molecular complexity index is 464. The molecule has 18 heavy (non-hydrogen) atoms. The summed E-state index contributed by atoms with van der Waals surface area (Å²) in [5, 5.41) is 0. The summed E-state index contributed by atoms with van der Waals surface area (Å²) in [4.78, 5) is 33.5. The van der Waals surface area contributed by atoms with Gasteiger partial charge in [0.25, 0.3) is 0 Å². The molecule has 0 saturated carbocycles. The van der Waals surface area contributed by atoms with Crippen LogP contribution < -0.4 is 4.74 Å². The molecule has 0 aliphatic carbocycles. The molecule has 0 spiro atoms. The van der Waals surface area contributed by atoms with Crippen molar-refractivity contribution in [2.75, 3.05) is 7.11 Å². The van der Waals surface area contributed by atoms with Gasteiger partial charge >= 0.3 is 11.9 Å². The van der Waals surface area contributed by atoms with Gasteiger partial charge in [-0.25, -0.2) is 4.79 Å². The van der Waals surface area contributed by atoms with Crippen molar-refractivity contribution in [2.45, 2.75) is 19.8 Å². The molecule has 0 aromatic heterocycles. The van der Waals surface area contributed by atoms with Crippen LogP contribution in [0, 0.1) is 0 Å². The molecule has 96 valence electrons. The van der Waals surface area contributed by atoms with E-state index in [1.165, 1.54) is 25.3 Å². The lowest BCUT2D eigenvalue weighted by Gasteiger charge is -2.08. The predicted molar refractivity (Wildman–Crippen MR) is 63.7 cm³/mol. The van der Waals surface area contributed by atoms with E-state index in [-0.39, 0.29) is 17.7 Å². The summed E-state index contributed by atoms with van der Waals surface area (Å²) in [6.07, 6.45) is 1.51. The van der Waals surface area contributed by atoms with E-state index in [0.717, 1.165) is 0 Å². The standard InChI is InChI=1S/C13H14O5/c1-3-4-12(15)18-11-6-5-9(8-14)7-10(11)13(16)17-2/h5-8H,3-4H2,1-2H3. The monoisotopic (exact) mass is 250 g/mol. The highest BCUT2D eigenvalue weighted by Gasteiger charge is 2.16. The van der Waals surface area contributed by atoms with Crippen LogP contribution >= 0.6 is 0 Å². The molecule has 0 N–H and O–H groups in total. The summed E-state index contributed by atoms with van der Waals surface area (Å²) in [5.74, 6) is -0.981. The number of hydrogen-bond donors (Lipinski definition) is 0. The van der Waals surface area contributed by atoms with Crippen LogP contribution in [0.15, 0.2) is 18.2 Å². The van der Waals surface area contributed by atoms with Crippen molar-refractivity contribution in [1.82, 2.24) is 0 Å². The highest BCUT2D eigenvalue weighted by atomic mass is 16.5. The Morgan fingerprint density at radius 1 is 1.33 bits per heavy atom. The van der Waals surface area contributed by atoms with Crippen LogP contribution in [-0.2, 0) is 9.53 Å². The van der Waals surface area contributed by atoms with Crippen LogP contribution in [0.3, 0.4) is 0 Å². The Morgan fingerprint density at radius 2 is 2.06 bits per heavy atom. The van der Waals surface area contributed by atoms with Gasteiger partial charge in [-0.2, -0.15) is 0 Å². The van der Waals surface area contributed by atoms with E-state index in [1.807, 2.05) is 6.92 Å². The first-order valence-electron chi connectivity index (χ1n) is 5.50. The molecule has 1 rings (SSSR count). The van der Waals surface area contributed by atoms with Crippen molar-refractivity contribution in [3.63, 3.8) is 0 Å². The third kappa shape index (κ3) is 3.41. The molecular weight excluding hydrogens is 236 g/mol. The highest BCUT2D eigenvalue weighted by molar-refractivity contribution is 5.95. The number of ether oxygens (including phenoxy) is 2. The lowest BCUT2D eigenvalue weighted by molar-refractivity contribution is -0.134. The minimum absolute atomic E-state index is 0.0616. The lowest BCUT2D eigenvalue weighted by atomic mass is 10.1. The fourth-order valence-corrected chi connectivity index (χ4v) is 1.36. The summed E-state index contributed by atoms with van der Waals surface area (Å²) in [6, 6.07) is 4.20. The Kier molecular flexibility index (Phi) is 5.05. The van der Waals surface area contributed by atoms with E-state index in [9.17, 15) is 14.4 Å².